The molecule has 1 fully saturated rings. The number of carbonyl (C=O) groups is 1. The Kier molecular flexibility index (Phi) is 9.46. The molecule has 0 bridgehead atoms. The molecule has 23 heavy (non-hydrogen) atoms. The van der Waals surface area contributed by atoms with Crippen LogP contribution in [-0.4, -0.2) is 73.4 Å². The Morgan fingerprint density at radius 2 is 2.04 bits per heavy atom. The Morgan fingerprint density at radius 3 is 2.61 bits per heavy atom. The van der Waals surface area contributed by atoms with Crippen molar-refractivity contribution in [2.24, 2.45) is 4.99 Å². The van der Waals surface area contributed by atoms with Crippen molar-refractivity contribution in [1.29, 1.82) is 0 Å². The summed E-state index contributed by atoms with van der Waals surface area (Å²) in [6.45, 7) is 3.87. The van der Waals surface area contributed by atoms with E-state index in [9.17, 15) is 4.79 Å². The van der Waals surface area contributed by atoms with Gasteiger partial charge in [-0.15, -0.1) is 24.0 Å². The molecule has 0 saturated carbocycles. The third kappa shape index (κ3) is 5.91. The number of rotatable bonds is 5. The van der Waals surface area contributed by atoms with Crippen molar-refractivity contribution in [2.75, 3.05) is 51.8 Å². The van der Waals surface area contributed by atoms with Crippen molar-refractivity contribution in [3.8, 4) is 0 Å². The van der Waals surface area contributed by atoms with Gasteiger partial charge in [-0.2, -0.15) is 11.8 Å². The minimum Gasteiger partial charge on any atom is -0.459 e. The highest BCUT2D eigenvalue weighted by molar-refractivity contribution is 14.0. The van der Waals surface area contributed by atoms with Crippen LogP contribution < -0.4 is 5.32 Å². The van der Waals surface area contributed by atoms with Crippen LogP contribution in [0.5, 0.6) is 0 Å². The van der Waals surface area contributed by atoms with Gasteiger partial charge in [0, 0.05) is 39.8 Å². The number of piperazine rings is 1. The van der Waals surface area contributed by atoms with Gasteiger partial charge in [0.1, 0.15) is 0 Å². The number of hydrogen-bond donors (Lipinski definition) is 1. The summed E-state index contributed by atoms with van der Waals surface area (Å²) in [4.78, 5) is 20.6. The maximum Gasteiger partial charge on any atom is 0.289 e. The highest BCUT2D eigenvalue weighted by Crippen LogP contribution is 2.09. The molecular weight excluding hydrogens is 427 g/mol. The number of guanidine groups is 1. The lowest BCUT2D eigenvalue weighted by molar-refractivity contribution is 0.0658. The summed E-state index contributed by atoms with van der Waals surface area (Å²) in [5.74, 6) is 2.45. The standard InChI is InChI=1S/C15H24N4O2S.HI/c1-16-15(17-6-4-12-22-2)19-9-7-18(8-10-19)14(20)13-5-3-11-21-13;/h3,5,11H,4,6-10,12H2,1-2H3,(H,16,17);1H. The van der Waals surface area contributed by atoms with Gasteiger partial charge >= 0.3 is 0 Å². The van der Waals surface area contributed by atoms with E-state index >= 15 is 0 Å². The van der Waals surface area contributed by atoms with E-state index in [1.807, 2.05) is 16.7 Å². The van der Waals surface area contributed by atoms with Gasteiger partial charge in [-0.3, -0.25) is 9.79 Å². The van der Waals surface area contributed by atoms with Crippen LogP contribution in [0.4, 0.5) is 0 Å². The maximum absolute atomic E-state index is 12.2. The highest BCUT2D eigenvalue weighted by Gasteiger charge is 2.24. The summed E-state index contributed by atoms with van der Waals surface area (Å²) in [5.41, 5.74) is 0. The molecule has 2 heterocycles. The molecule has 1 saturated heterocycles. The molecule has 1 aliphatic rings. The van der Waals surface area contributed by atoms with Gasteiger partial charge in [-0.25, -0.2) is 0 Å². The Bertz CT molecular complexity index is 488. The number of thioether (sulfide) groups is 1. The summed E-state index contributed by atoms with van der Waals surface area (Å²) < 4.78 is 5.18. The van der Waals surface area contributed by atoms with Gasteiger partial charge in [0.2, 0.25) is 0 Å². The summed E-state index contributed by atoms with van der Waals surface area (Å²) in [7, 11) is 1.80. The SMILES string of the molecule is CN=C(NCCCSC)N1CCN(C(=O)c2ccco2)CC1.I. The van der Waals surface area contributed by atoms with Gasteiger partial charge in [0.15, 0.2) is 11.7 Å². The van der Waals surface area contributed by atoms with E-state index in [1.165, 1.54) is 6.26 Å². The number of halogens is 1. The van der Waals surface area contributed by atoms with E-state index in [0.717, 1.165) is 37.8 Å². The first-order chi connectivity index (χ1) is 10.8. The first-order valence-corrected chi connectivity index (χ1v) is 8.93. The van der Waals surface area contributed by atoms with Crippen LogP contribution in [0.25, 0.3) is 0 Å². The predicted octanol–water partition coefficient (Wildman–Crippen LogP) is 1.98. The smallest absolute Gasteiger partial charge is 0.289 e. The topological polar surface area (TPSA) is 61.1 Å². The Labute approximate surface area is 159 Å². The van der Waals surface area contributed by atoms with Gasteiger partial charge in [-0.1, -0.05) is 0 Å². The monoisotopic (exact) mass is 452 g/mol. The minimum absolute atomic E-state index is 0. The number of carbonyl (C=O) groups excluding carboxylic acids is 1. The number of amides is 1. The van der Waals surface area contributed by atoms with Crippen LogP contribution in [0, 0.1) is 0 Å². The third-order valence-electron chi connectivity index (χ3n) is 3.62. The molecule has 1 aliphatic heterocycles. The molecule has 1 amide bonds. The minimum atomic E-state index is -0.0347. The summed E-state index contributed by atoms with van der Waals surface area (Å²) in [5, 5.41) is 3.39. The molecule has 6 nitrogen and oxygen atoms in total. The van der Waals surface area contributed by atoms with Crippen molar-refractivity contribution in [3.63, 3.8) is 0 Å². The molecule has 1 aromatic rings. The molecule has 1 aromatic heterocycles. The lowest BCUT2D eigenvalue weighted by Gasteiger charge is -2.36. The second-order valence-electron chi connectivity index (χ2n) is 5.08. The van der Waals surface area contributed by atoms with Crippen LogP contribution in [0.3, 0.4) is 0 Å². The molecule has 0 aliphatic carbocycles. The molecule has 8 heteroatoms. The summed E-state index contributed by atoms with van der Waals surface area (Å²) in [6, 6.07) is 3.45. The van der Waals surface area contributed by atoms with Gasteiger partial charge < -0.3 is 19.5 Å². The summed E-state index contributed by atoms with van der Waals surface area (Å²) >= 11 is 1.85. The van der Waals surface area contributed by atoms with E-state index in [2.05, 4.69) is 21.5 Å². The zero-order valence-corrected chi connectivity index (χ0v) is 16.8. The van der Waals surface area contributed by atoms with Crippen molar-refractivity contribution in [1.82, 2.24) is 15.1 Å². The molecule has 0 aromatic carbocycles. The third-order valence-corrected chi connectivity index (χ3v) is 4.32. The largest absolute Gasteiger partial charge is 0.459 e. The Balaban J connectivity index is 0.00000264. The lowest BCUT2D eigenvalue weighted by Crippen LogP contribution is -2.53. The van der Waals surface area contributed by atoms with Crippen LogP contribution in [0.15, 0.2) is 27.8 Å². The molecule has 1 N–H and O–H groups in total. The molecule has 0 unspecified atom stereocenters. The molecule has 130 valence electrons. The fourth-order valence-electron chi connectivity index (χ4n) is 2.43. The van der Waals surface area contributed by atoms with E-state index in [0.29, 0.717) is 18.8 Å². The van der Waals surface area contributed by atoms with Crippen molar-refractivity contribution in [2.45, 2.75) is 6.42 Å². The molecule has 0 spiro atoms. The number of furan rings is 1. The van der Waals surface area contributed by atoms with Gasteiger partial charge in [0.25, 0.3) is 5.91 Å². The first kappa shape index (κ1) is 20.1. The second kappa shape index (κ2) is 10.8. The zero-order valence-electron chi connectivity index (χ0n) is 13.7. The quantitative estimate of drug-likeness (QED) is 0.321. The Morgan fingerprint density at radius 1 is 1.35 bits per heavy atom. The number of hydrogen-bond acceptors (Lipinski definition) is 4. The van der Waals surface area contributed by atoms with Crippen molar-refractivity contribution < 1.29 is 9.21 Å². The fraction of sp³-hybridized carbons (Fsp3) is 0.600. The number of aliphatic imine (C=N–C) groups is 1. The predicted molar refractivity (Wildman–Crippen MR) is 106 cm³/mol. The molecular formula is C15H25IN4O2S. The van der Waals surface area contributed by atoms with Crippen molar-refractivity contribution in [3.05, 3.63) is 24.2 Å². The average molecular weight is 452 g/mol. The van der Waals surface area contributed by atoms with Crippen LogP contribution in [0.1, 0.15) is 17.0 Å². The number of nitrogens with zero attached hydrogens (tertiary/aromatic N) is 3. The second-order valence-corrected chi connectivity index (χ2v) is 6.06. The van der Waals surface area contributed by atoms with E-state index in [4.69, 9.17) is 4.42 Å². The number of nitrogens with one attached hydrogen (secondary N) is 1. The van der Waals surface area contributed by atoms with Gasteiger partial charge in [0.05, 0.1) is 6.26 Å². The van der Waals surface area contributed by atoms with E-state index in [-0.39, 0.29) is 29.9 Å². The van der Waals surface area contributed by atoms with Crippen LogP contribution in [-0.2, 0) is 0 Å². The van der Waals surface area contributed by atoms with Crippen LogP contribution >= 0.6 is 35.7 Å². The van der Waals surface area contributed by atoms with Crippen molar-refractivity contribution >= 4 is 47.6 Å². The van der Waals surface area contributed by atoms with E-state index in [1.54, 1.807) is 19.2 Å². The first-order valence-electron chi connectivity index (χ1n) is 7.53. The zero-order chi connectivity index (χ0) is 15.8. The average Bonchev–Trinajstić information content (AvgIpc) is 3.09. The lowest BCUT2D eigenvalue weighted by atomic mass is 10.3. The molecule has 2 rings (SSSR count). The highest BCUT2D eigenvalue weighted by atomic mass is 127. The maximum atomic E-state index is 12.2. The molecule has 0 atom stereocenters. The van der Waals surface area contributed by atoms with E-state index < -0.39 is 0 Å². The molecule has 0 radical (unpaired) electrons. The Hall–Kier alpha value is -0.900. The van der Waals surface area contributed by atoms with Gasteiger partial charge in [-0.05, 0) is 30.6 Å². The van der Waals surface area contributed by atoms with Crippen LogP contribution in [0.2, 0.25) is 0 Å². The normalized spacial score (nSPS) is 15.3. The fourth-order valence-corrected chi connectivity index (χ4v) is 2.86. The summed E-state index contributed by atoms with van der Waals surface area (Å²) in [6.07, 6.45) is 4.77.